The highest BCUT2D eigenvalue weighted by molar-refractivity contribution is 5.88. The number of carbonyl (C=O) groups is 3. The van der Waals surface area contributed by atoms with E-state index in [1.54, 1.807) is 0 Å². The van der Waals surface area contributed by atoms with Crippen LogP contribution in [-0.2, 0) is 19.1 Å². The van der Waals surface area contributed by atoms with Crippen molar-refractivity contribution in [3.05, 3.63) is 0 Å². The highest BCUT2D eigenvalue weighted by Crippen LogP contribution is 2.41. The number of ether oxygens (including phenoxy) is 1. The summed E-state index contributed by atoms with van der Waals surface area (Å²) in [5, 5.41) is 28.1. The summed E-state index contributed by atoms with van der Waals surface area (Å²) in [6, 6.07) is 0. The van der Waals surface area contributed by atoms with E-state index in [4.69, 9.17) is 14.9 Å². The van der Waals surface area contributed by atoms with Crippen LogP contribution >= 0.6 is 0 Å². The van der Waals surface area contributed by atoms with Crippen molar-refractivity contribution in [3.63, 3.8) is 0 Å². The summed E-state index contributed by atoms with van der Waals surface area (Å²) in [4.78, 5) is 34.3. The third-order valence-electron chi connectivity index (χ3n) is 7.08. The number of rotatable bonds is 24. The number of hydrogen-bond donors (Lipinski definition) is 3. The molecule has 0 aromatic carbocycles. The van der Waals surface area contributed by atoms with Gasteiger partial charge in [-0.15, -0.1) is 0 Å². The summed E-state index contributed by atoms with van der Waals surface area (Å²) < 4.78 is 5.24. The fourth-order valence-electron chi connectivity index (χ4n) is 4.92. The SMILES string of the molecule is CCCCCCC(CCCCCC)(CCCCCC)CCCOC(=O)CC(O)(CC(=O)O)C(=O)O. The van der Waals surface area contributed by atoms with Gasteiger partial charge in [0.05, 0.1) is 19.4 Å². The molecule has 0 saturated heterocycles. The van der Waals surface area contributed by atoms with Gasteiger partial charge in [0.2, 0.25) is 0 Å². The molecule has 1 atom stereocenters. The standard InChI is InChI=1S/C28H52O7/c1-4-7-10-13-17-27(18-14-11-8-5-2,19-15-12-9-6-3)20-16-21-35-25(31)23-28(34,26(32)33)22-24(29)30/h34H,4-23H2,1-3H3,(H,29,30)(H,32,33). The first-order valence-corrected chi connectivity index (χ1v) is 14.0. The lowest BCUT2D eigenvalue weighted by Crippen LogP contribution is -2.43. The molecule has 7 heteroatoms. The Morgan fingerprint density at radius 2 is 1.06 bits per heavy atom. The van der Waals surface area contributed by atoms with Crippen molar-refractivity contribution in [3.8, 4) is 0 Å². The Labute approximate surface area is 213 Å². The number of aliphatic hydroxyl groups is 1. The number of carbonyl (C=O) groups excluding carboxylic acids is 1. The molecular formula is C28H52O7. The minimum absolute atomic E-state index is 0.155. The molecule has 0 fully saturated rings. The van der Waals surface area contributed by atoms with Crippen LogP contribution in [0.3, 0.4) is 0 Å². The first-order valence-electron chi connectivity index (χ1n) is 14.0. The molecule has 7 nitrogen and oxygen atoms in total. The number of carboxylic acids is 2. The molecule has 206 valence electrons. The van der Waals surface area contributed by atoms with E-state index in [2.05, 4.69) is 20.8 Å². The van der Waals surface area contributed by atoms with Crippen molar-refractivity contribution in [1.29, 1.82) is 0 Å². The van der Waals surface area contributed by atoms with E-state index in [9.17, 15) is 19.5 Å². The van der Waals surface area contributed by atoms with Gasteiger partial charge in [0.25, 0.3) is 0 Å². The van der Waals surface area contributed by atoms with Crippen LogP contribution in [0.2, 0.25) is 0 Å². The summed E-state index contributed by atoms with van der Waals surface area (Å²) in [5.74, 6) is -4.10. The molecule has 0 bridgehead atoms. The fraction of sp³-hybridized carbons (Fsp3) is 0.893. The molecule has 0 aliphatic heterocycles. The first kappa shape index (κ1) is 33.4. The molecule has 0 aliphatic rings. The van der Waals surface area contributed by atoms with Crippen molar-refractivity contribution < 1.29 is 34.4 Å². The van der Waals surface area contributed by atoms with E-state index >= 15 is 0 Å². The zero-order chi connectivity index (χ0) is 26.6. The normalized spacial score (nSPS) is 13.4. The number of aliphatic carboxylic acids is 2. The van der Waals surface area contributed by atoms with Gasteiger partial charge in [-0.25, -0.2) is 4.79 Å². The van der Waals surface area contributed by atoms with Crippen LogP contribution in [0.4, 0.5) is 0 Å². The molecule has 0 amide bonds. The minimum atomic E-state index is -2.65. The largest absolute Gasteiger partial charge is 0.481 e. The monoisotopic (exact) mass is 500 g/mol. The Morgan fingerprint density at radius 3 is 1.43 bits per heavy atom. The Kier molecular flexibility index (Phi) is 18.6. The second-order valence-corrected chi connectivity index (χ2v) is 10.3. The van der Waals surface area contributed by atoms with Crippen LogP contribution in [0.25, 0.3) is 0 Å². The number of carboxylic acid groups (broad SMARTS) is 2. The maximum Gasteiger partial charge on any atom is 0.336 e. The molecular weight excluding hydrogens is 448 g/mol. The quantitative estimate of drug-likeness (QED) is 0.0974. The predicted octanol–water partition coefficient (Wildman–Crippen LogP) is 6.89. The second kappa shape index (κ2) is 19.5. The maximum atomic E-state index is 12.2. The van der Waals surface area contributed by atoms with Crippen LogP contribution in [0, 0.1) is 5.41 Å². The topological polar surface area (TPSA) is 121 Å². The third kappa shape index (κ3) is 15.9. The molecule has 0 aromatic heterocycles. The predicted molar refractivity (Wildman–Crippen MR) is 138 cm³/mol. The molecule has 0 radical (unpaired) electrons. The van der Waals surface area contributed by atoms with Gasteiger partial charge in [-0.05, 0) is 37.5 Å². The van der Waals surface area contributed by atoms with Crippen molar-refractivity contribution in [1.82, 2.24) is 0 Å². The minimum Gasteiger partial charge on any atom is -0.481 e. The fourth-order valence-corrected chi connectivity index (χ4v) is 4.92. The van der Waals surface area contributed by atoms with Gasteiger partial charge in [0, 0.05) is 0 Å². The molecule has 0 aromatic rings. The van der Waals surface area contributed by atoms with Crippen molar-refractivity contribution in [2.45, 2.75) is 148 Å². The lowest BCUT2D eigenvalue weighted by Gasteiger charge is -2.35. The lowest BCUT2D eigenvalue weighted by atomic mass is 9.71. The average Bonchev–Trinajstić information content (AvgIpc) is 2.79. The van der Waals surface area contributed by atoms with E-state index in [1.165, 1.54) is 96.3 Å². The van der Waals surface area contributed by atoms with Crippen LogP contribution in [-0.4, -0.2) is 45.4 Å². The van der Waals surface area contributed by atoms with Gasteiger partial charge in [-0.1, -0.05) is 97.8 Å². The number of esters is 1. The molecule has 3 N–H and O–H groups in total. The van der Waals surface area contributed by atoms with E-state index in [-0.39, 0.29) is 12.0 Å². The van der Waals surface area contributed by atoms with Crippen LogP contribution in [0.15, 0.2) is 0 Å². The van der Waals surface area contributed by atoms with Gasteiger partial charge in [0.15, 0.2) is 5.60 Å². The van der Waals surface area contributed by atoms with Crippen LogP contribution < -0.4 is 0 Å². The molecule has 0 rings (SSSR count). The Hall–Kier alpha value is -1.63. The van der Waals surface area contributed by atoms with Gasteiger partial charge >= 0.3 is 17.9 Å². The van der Waals surface area contributed by atoms with Crippen LogP contribution in [0.5, 0.6) is 0 Å². The van der Waals surface area contributed by atoms with Gasteiger partial charge in [0.1, 0.15) is 0 Å². The summed E-state index contributed by atoms with van der Waals surface area (Å²) in [6.07, 6.45) is 18.1. The van der Waals surface area contributed by atoms with Gasteiger partial charge in [-0.2, -0.15) is 0 Å². The zero-order valence-corrected chi connectivity index (χ0v) is 22.6. The molecule has 0 spiro atoms. The summed E-state index contributed by atoms with van der Waals surface area (Å²) >= 11 is 0. The summed E-state index contributed by atoms with van der Waals surface area (Å²) in [5.41, 5.74) is -2.41. The Morgan fingerprint density at radius 1 is 0.629 bits per heavy atom. The third-order valence-corrected chi connectivity index (χ3v) is 7.08. The summed E-state index contributed by atoms with van der Waals surface area (Å²) in [7, 11) is 0. The zero-order valence-electron chi connectivity index (χ0n) is 22.6. The molecule has 35 heavy (non-hydrogen) atoms. The number of hydrogen-bond acceptors (Lipinski definition) is 5. The van der Waals surface area contributed by atoms with Crippen molar-refractivity contribution in [2.75, 3.05) is 6.61 Å². The van der Waals surface area contributed by atoms with E-state index in [0.717, 1.165) is 6.42 Å². The smallest absolute Gasteiger partial charge is 0.336 e. The van der Waals surface area contributed by atoms with E-state index < -0.39 is 36.4 Å². The van der Waals surface area contributed by atoms with Gasteiger partial charge < -0.3 is 20.1 Å². The first-order chi connectivity index (χ1) is 16.6. The van der Waals surface area contributed by atoms with Gasteiger partial charge in [-0.3, -0.25) is 9.59 Å². The highest BCUT2D eigenvalue weighted by Gasteiger charge is 2.41. The molecule has 0 saturated carbocycles. The van der Waals surface area contributed by atoms with Crippen molar-refractivity contribution in [2.24, 2.45) is 5.41 Å². The maximum absolute atomic E-state index is 12.2. The highest BCUT2D eigenvalue weighted by atomic mass is 16.5. The summed E-state index contributed by atoms with van der Waals surface area (Å²) in [6.45, 7) is 6.82. The molecule has 0 aliphatic carbocycles. The second-order valence-electron chi connectivity index (χ2n) is 10.3. The van der Waals surface area contributed by atoms with Crippen LogP contribution in [0.1, 0.15) is 143 Å². The van der Waals surface area contributed by atoms with E-state index in [1.807, 2.05) is 0 Å². The molecule has 1 unspecified atom stereocenters. The average molecular weight is 501 g/mol. The van der Waals surface area contributed by atoms with E-state index in [0.29, 0.717) is 6.42 Å². The Bertz CT molecular complexity index is 559. The Balaban J connectivity index is 5.04. The lowest BCUT2D eigenvalue weighted by molar-refractivity contribution is -0.172. The number of unbranched alkanes of at least 4 members (excludes halogenated alkanes) is 9. The van der Waals surface area contributed by atoms with Crippen molar-refractivity contribution >= 4 is 17.9 Å². The molecule has 0 heterocycles.